The van der Waals surface area contributed by atoms with Gasteiger partial charge in [-0.05, 0) is 24.3 Å². The molecule has 22 heavy (non-hydrogen) atoms. The Morgan fingerprint density at radius 1 is 0.727 bits per heavy atom. The van der Waals surface area contributed by atoms with Gasteiger partial charge in [0.15, 0.2) is 0 Å². The summed E-state index contributed by atoms with van der Waals surface area (Å²) < 4.78 is 9.61. The molecule has 0 heterocycles. The highest BCUT2D eigenvalue weighted by Crippen LogP contribution is 2.14. The van der Waals surface area contributed by atoms with Gasteiger partial charge in [-0.1, -0.05) is 24.3 Å². The Balaban J connectivity index is 2.03. The minimum absolute atomic E-state index is 0.0493. The maximum atomic E-state index is 11.6. The van der Waals surface area contributed by atoms with Crippen molar-refractivity contribution in [3.63, 3.8) is 0 Å². The molecule has 0 saturated heterocycles. The predicted octanol–water partition coefficient (Wildman–Crippen LogP) is 1.82. The molecular weight excluding hydrogens is 288 g/mol. The van der Waals surface area contributed by atoms with Crippen LogP contribution in [0.25, 0.3) is 0 Å². The first-order valence-electron chi connectivity index (χ1n) is 6.17. The van der Waals surface area contributed by atoms with Gasteiger partial charge in [0.05, 0.1) is 0 Å². The van der Waals surface area contributed by atoms with Crippen molar-refractivity contribution in [2.45, 2.75) is 0 Å². The Morgan fingerprint density at radius 3 is 1.50 bits per heavy atom. The fraction of sp³-hybridized carbons (Fsp3) is 0. The van der Waals surface area contributed by atoms with E-state index in [4.69, 9.17) is 9.47 Å². The normalized spacial score (nSPS) is 9.64. The molecule has 0 aliphatic carbocycles. The molecule has 6 heteroatoms. The molecule has 0 N–H and O–H groups in total. The number of rotatable bonds is 4. The number of benzene rings is 2. The van der Waals surface area contributed by atoms with Crippen molar-refractivity contribution in [2.75, 3.05) is 0 Å². The summed E-state index contributed by atoms with van der Waals surface area (Å²) in [6.45, 7) is 0. The van der Waals surface area contributed by atoms with Crippen LogP contribution in [0.15, 0.2) is 48.5 Å². The maximum absolute atomic E-state index is 11.6. The summed E-state index contributed by atoms with van der Waals surface area (Å²) in [7, 11) is 0. The first kappa shape index (κ1) is 15.1. The van der Waals surface area contributed by atoms with Crippen molar-refractivity contribution in [1.82, 2.24) is 0 Å². The largest absolute Gasteiger partial charge is 0.423 e. The smallest absolute Gasteiger partial charge is 0.418 e. The Labute approximate surface area is 125 Å². The number of hydrogen-bond donors (Lipinski definition) is 0. The van der Waals surface area contributed by atoms with Crippen LogP contribution < -0.4 is 9.47 Å². The lowest BCUT2D eigenvalue weighted by Crippen LogP contribution is -2.25. The van der Waals surface area contributed by atoms with Crippen LogP contribution >= 0.6 is 0 Å². The lowest BCUT2D eigenvalue weighted by atomic mass is 10.2. The van der Waals surface area contributed by atoms with Crippen LogP contribution in [0.2, 0.25) is 0 Å². The maximum Gasteiger partial charge on any atom is 0.423 e. The van der Waals surface area contributed by atoms with E-state index in [1.54, 1.807) is 0 Å². The van der Waals surface area contributed by atoms with Gasteiger partial charge in [0, 0.05) is 11.1 Å². The Bertz CT molecular complexity index is 671. The van der Waals surface area contributed by atoms with E-state index in [-0.39, 0.29) is 11.5 Å². The highest BCUT2D eigenvalue weighted by Gasteiger charge is 2.19. The first-order valence-corrected chi connectivity index (χ1v) is 6.17. The first-order chi connectivity index (χ1) is 10.6. The summed E-state index contributed by atoms with van der Waals surface area (Å²) >= 11 is 0. The van der Waals surface area contributed by atoms with Crippen molar-refractivity contribution in [3.8, 4) is 11.5 Å². The fourth-order valence-electron chi connectivity index (χ4n) is 1.60. The summed E-state index contributed by atoms with van der Waals surface area (Å²) in [6.07, 6.45) is 1.17. The van der Waals surface area contributed by atoms with Gasteiger partial charge in [-0.15, -0.1) is 0 Å². The molecule has 110 valence electrons. The van der Waals surface area contributed by atoms with Crippen LogP contribution in [-0.4, -0.2) is 24.5 Å². The number of hydrogen-bond acceptors (Lipinski definition) is 6. The molecule has 0 atom stereocenters. The average molecular weight is 298 g/mol. The minimum Gasteiger partial charge on any atom is -0.418 e. The highest BCUT2D eigenvalue weighted by atomic mass is 16.6. The highest BCUT2D eigenvalue weighted by molar-refractivity contribution is 6.31. The summed E-state index contributed by atoms with van der Waals surface area (Å²) in [4.78, 5) is 44.5. The molecule has 0 amide bonds. The standard InChI is InChI=1S/C16H10O6/c17-9-11-3-1-5-13(7-11)21-15(19)16(20)22-14-6-2-4-12(8-14)10-18/h1-10H. The van der Waals surface area contributed by atoms with Crippen LogP contribution in [0.3, 0.4) is 0 Å². The second-order valence-electron chi connectivity index (χ2n) is 4.16. The summed E-state index contributed by atoms with van der Waals surface area (Å²) in [6, 6.07) is 11.5. The van der Waals surface area contributed by atoms with E-state index >= 15 is 0 Å². The van der Waals surface area contributed by atoms with Crippen molar-refractivity contribution in [3.05, 3.63) is 59.7 Å². The van der Waals surface area contributed by atoms with E-state index in [0.717, 1.165) is 0 Å². The molecule has 0 aliphatic heterocycles. The predicted molar refractivity (Wildman–Crippen MR) is 74.9 cm³/mol. The summed E-state index contributed by atoms with van der Waals surface area (Å²) in [5.41, 5.74) is 0.606. The molecule has 0 aliphatic rings. The van der Waals surface area contributed by atoms with Gasteiger partial charge in [-0.2, -0.15) is 0 Å². The number of carbonyl (C=O) groups excluding carboxylic acids is 4. The van der Waals surface area contributed by atoms with Gasteiger partial charge in [0.1, 0.15) is 24.1 Å². The van der Waals surface area contributed by atoms with E-state index in [1.165, 1.54) is 48.5 Å². The molecule has 0 radical (unpaired) electrons. The SMILES string of the molecule is O=Cc1cccc(OC(=O)C(=O)Oc2cccc(C=O)c2)c1. The molecular formula is C16H10O6. The topological polar surface area (TPSA) is 86.7 Å². The van der Waals surface area contributed by atoms with E-state index in [1.807, 2.05) is 0 Å². The zero-order valence-electron chi connectivity index (χ0n) is 11.2. The number of esters is 2. The Kier molecular flexibility index (Phi) is 4.77. The Hall–Kier alpha value is -3.28. The Morgan fingerprint density at radius 2 is 1.14 bits per heavy atom. The molecule has 2 rings (SSSR count). The van der Waals surface area contributed by atoms with E-state index in [9.17, 15) is 19.2 Å². The minimum atomic E-state index is -1.24. The van der Waals surface area contributed by atoms with E-state index < -0.39 is 11.9 Å². The van der Waals surface area contributed by atoms with Crippen LogP contribution in [0.5, 0.6) is 11.5 Å². The molecule has 2 aromatic rings. The quantitative estimate of drug-likeness (QED) is 0.370. The van der Waals surface area contributed by atoms with Crippen LogP contribution in [-0.2, 0) is 9.59 Å². The monoisotopic (exact) mass is 298 g/mol. The molecule has 0 bridgehead atoms. The van der Waals surface area contributed by atoms with Gasteiger partial charge in [-0.25, -0.2) is 9.59 Å². The second kappa shape index (κ2) is 6.94. The second-order valence-corrected chi connectivity index (χ2v) is 4.16. The van der Waals surface area contributed by atoms with E-state index in [2.05, 4.69) is 0 Å². The number of carbonyl (C=O) groups is 4. The van der Waals surface area contributed by atoms with Gasteiger partial charge < -0.3 is 9.47 Å². The number of aldehydes is 2. The van der Waals surface area contributed by atoms with Crippen LogP contribution in [0, 0.1) is 0 Å². The zero-order chi connectivity index (χ0) is 15.9. The molecule has 2 aromatic carbocycles. The lowest BCUT2D eigenvalue weighted by Gasteiger charge is -2.05. The third-order valence-corrected chi connectivity index (χ3v) is 2.58. The molecule has 6 nitrogen and oxygen atoms in total. The van der Waals surface area contributed by atoms with Gasteiger partial charge >= 0.3 is 11.9 Å². The molecule has 0 fully saturated rings. The van der Waals surface area contributed by atoms with Crippen molar-refractivity contribution in [1.29, 1.82) is 0 Å². The third-order valence-electron chi connectivity index (χ3n) is 2.58. The summed E-state index contributed by atoms with van der Waals surface area (Å²) in [5, 5.41) is 0. The van der Waals surface area contributed by atoms with Gasteiger partial charge in [0.2, 0.25) is 0 Å². The van der Waals surface area contributed by atoms with Gasteiger partial charge in [-0.3, -0.25) is 9.59 Å². The van der Waals surface area contributed by atoms with Crippen LogP contribution in [0.1, 0.15) is 20.7 Å². The van der Waals surface area contributed by atoms with Crippen LogP contribution in [0.4, 0.5) is 0 Å². The van der Waals surface area contributed by atoms with Crippen molar-refractivity contribution >= 4 is 24.5 Å². The molecule has 0 aromatic heterocycles. The fourth-order valence-corrected chi connectivity index (χ4v) is 1.60. The van der Waals surface area contributed by atoms with Crippen molar-refractivity contribution < 1.29 is 28.7 Å². The molecule has 0 unspecified atom stereocenters. The number of ether oxygens (including phenoxy) is 2. The molecule has 0 spiro atoms. The van der Waals surface area contributed by atoms with Crippen molar-refractivity contribution in [2.24, 2.45) is 0 Å². The van der Waals surface area contributed by atoms with E-state index in [0.29, 0.717) is 23.7 Å². The third kappa shape index (κ3) is 3.86. The summed E-state index contributed by atoms with van der Waals surface area (Å²) in [5.74, 6) is -2.37. The molecule has 0 saturated carbocycles. The zero-order valence-corrected chi connectivity index (χ0v) is 11.2. The lowest BCUT2D eigenvalue weighted by molar-refractivity contribution is -0.156. The van der Waals surface area contributed by atoms with Gasteiger partial charge in [0.25, 0.3) is 0 Å². The average Bonchev–Trinajstić information content (AvgIpc) is 2.55.